The minimum Gasteiger partial charge on any atom is -0.481 e. The van der Waals surface area contributed by atoms with E-state index in [-0.39, 0.29) is 12.5 Å². The van der Waals surface area contributed by atoms with Crippen LogP contribution in [-0.4, -0.2) is 33.2 Å². The number of hydrogen-bond acceptors (Lipinski definition) is 3. The Hall–Kier alpha value is -2.83. The Morgan fingerprint density at radius 3 is 2.68 bits per heavy atom. The fraction of sp³-hybridized carbons (Fsp3) is 0.389. The highest BCUT2D eigenvalue weighted by molar-refractivity contribution is 5.73. The minimum atomic E-state index is -0.861. The van der Waals surface area contributed by atoms with Crippen molar-refractivity contribution >= 4 is 12.0 Å². The number of imidazole rings is 1. The first-order valence-electron chi connectivity index (χ1n) is 8.42. The van der Waals surface area contributed by atoms with Gasteiger partial charge in [-0.2, -0.15) is 0 Å². The number of carboxylic acid groups (broad SMARTS) is 1. The van der Waals surface area contributed by atoms with Gasteiger partial charge in [0.15, 0.2) is 0 Å². The van der Waals surface area contributed by atoms with Gasteiger partial charge < -0.3 is 20.3 Å². The summed E-state index contributed by atoms with van der Waals surface area (Å²) < 4.78 is 2.04. The number of carbonyl (C=O) groups is 2. The lowest BCUT2D eigenvalue weighted by molar-refractivity contribution is -0.137. The summed E-state index contributed by atoms with van der Waals surface area (Å²) in [4.78, 5) is 26.4. The average molecular weight is 344 g/mol. The van der Waals surface area contributed by atoms with Gasteiger partial charge in [0.25, 0.3) is 0 Å². The van der Waals surface area contributed by atoms with E-state index in [1.807, 2.05) is 29.0 Å². The molecule has 0 aliphatic rings. The first kappa shape index (κ1) is 18.5. The molecule has 0 saturated heterocycles. The van der Waals surface area contributed by atoms with Gasteiger partial charge in [-0.1, -0.05) is 30.3 Å². The van der Waals surface area contributed by atoms with Crippen molar-refractivity contribution in [2.24, 2.45) is 0 Å². The van der Waals surface area contributed by atoms with Crippen LogP contribution in [0.1, 0.15) is 30.7 Å². The van der Waals surface area contributed by atoms with Gasteiger partial charge in [-0.3, -0.25) is 4.79 Å². The van der Waals surface area contributed by atoms with Crippen LogP contribution in [0.15, 0.2) is 42.7 Å². The van der Waals surface area contributed by atoms with Crippen LogP contribution in [0.4, 0.5) is 4.79 Å². The molecular weight excluding hydrogens is 320 g/mol. The second-order valence-electron chi connectivity index (χ2n) is 5.73. The van der Waals surface area contributed by atoms with Crippen LogP contribution in [0.3, 0.4) is 0 Å². The second-order valence-corrected chi connectivity index (χ2v) is 5.73. The van der Waals surface area contributed by atoms with Gasteiger partial charge in [-0.15, -0.1) is 0 Å². The third-order valence-electron chi connectivity index (χ3n) is 3.77. The summed E-state index contributed by atoms with van der Waals surface area (Å²) in [5.74, 6) is -0.0616. The van der Waals surface area contributed by atoms with E-state index in [0.717, 1.165) is 25.2 Å². The zero-order chi connectivity index (χ0) is 17.9. The molecule has 2 amide bonds. The van der Waals surface area contributed by atoms with Gasteiger partial charge in [0.05, 0.1) is 6.54 Å². The number of carboxylic acids is 1. The first-order valence-corrected chi connectivity index (χ1v) is 8.42. The number of urea groups is 1. The van der Waals surface area contributed by atoms with Crippen molar-refractivity contribution in [1.29, 1.82) is 0 Å². The maximum atomic E-state index is 11.7. The van der Waals surface area contributed by atoms with E-state index < -0.39 is 5.97 Å². The van der Waals surface area contributed by atoms with E-state index in [1.54, 1.807) is 6.20 Å². The van der Waals surface area contributed by atoms with Gasteiger partial charge in [-0.05, 0) is 24.8 Å². The van der Waals surface area contributed by atoms with Gasteiger partial charge in [0, 0.05) is 31.9 Å². The summed E-state index contributed by atoms with van der Waals surface area (Å²) in [6.45, 7) is 1.51. The molecule has 134 valence electrons. The molecule has 25 heavy (non-hydrogen) atoms. The number of carbonyl (C=O) groups excluding carboxylic acids is 1. The van der Waals surface area contributed by atoms with Crippen molar-refractivity contribution in [3.05, 3.63) is 54.1 Å². The number of aryl methyl sites for hydroxylation is 2. The fourth-order valence-corrected chi connectivity index (χ4v) is 2.47. The van der Waals surface area contributed by atoms with Crippen LogP contribution in [0.5, 0.6) is 0 Å². The smallest absolute Gasteiger partial charge is 0.315 e. The highest BCUT2D eigenvalue weighted by Gasteiger charge is 2.06. The molecule has 1 heterocycles. The highest BCUT2D eigenvalue weighted by Crippen LogP contribution is 2.05. The van der Waals surface area contributed by atoms with Crippen molar-refractivity contribution in [3.63, 3.8) is 0 Å². The lowest BCUT2D eigenvalue weighted by Gasteiger charge is -2.10. The van der Waals surface area contributed by atoms with Gasteiger partial charge in [-0.25, -0.2) is 9.78 Å². The van der Waals surface area contributed by atoms with Crippen LogP contribution in [0.2, 0.25) is 0 Å². The normalized spacial score (nSPS) is 10.4. The van der Waals surface area contributed by atoms with Crippen molar-refractivity contribution in [2.75, 3.05) is 6.54 Å². The van der Waals surface area contributed by atoms with Crippen molar-refractivity contribution < 1.29 is 14.7 Å². The predicted octanol–water partition coefficient (Wildman–Crippen LogP) is 2.18. The number of aromatic nitrogens is 2. The lowest BCUT2D eigenvalue weighted by atomic mass is 10.1. The van der Waals surface area contributed by atoms with E-state index in [1.165, 1.54) is 5.56 Å². The maximum Gasteiger partial charge on any atom is 0.315 e. The van der Waals surface area contributed by atoms with Crippen LogP contribution in [-0.2, 0) is 24.3 Å². The average Bonchev–Trinajstić information content (AvgIpc) is 3.05. The second kappa shape index (κ2) is 10.1. The molecule has 0 unspecified atom stereocenters. The summed E-state index contributed by atoms with van der Waals surface area (Å²) in [6, 6.07) is 10.0. The summed E-state index contributed by atoms with van der Waals surface area (Å²) >= 11 is 0. The minimum absolute atomic E-state index is 0.0477. The number of nitrogens with zero attached hydrogens (tertiary/aromatic N) is 2. The molecule has 0 aliphatic heterocycles. The van der Waals surface area contributed by atoms with Gasteiger partial charge in [0.1, 0.15) is 5.82 Å². The quantitative estimate of drug-likeness (QED) is 0.576. The largest absolute Gasteiger partial charge is 0.481 e. The Morgan fingerprint density at radius 2 is 1.92 bits per heavy atom. The zero-order valence-corrected chi connectivity index (χ0v) is 14.1. The number of amides is 2. The van der Waals surface area contributed by atoms with E-state index in [4.69, 9.17) is 5.11 Å². The molecule has 1 aromatic heterocycles. The number of nitrogens with one attached hydrogen (secondary N) is 2. The van der Waals surface area contributed by atoms with Crippen molar-refractivity contribution in [3.8, 4) is 0 Å². The van der Waals surface area contributed by atoms with Gasteiger partial charge >= 0.3 is 12.0 Å². The molecular formula is C18H24N4O3. The summed E-state index contributed by atoms with van der Waals surface area (Å²) in [6.07, 6.45) is 6.09. The lowest BCUT2D eigenvalue weighted by Crippen LogP contribution is -2.36. The van der Waals surface area contributed by atoms with E-state index in [9.17, 15) is 9.59 Å². The first-order chi connectivity index (χ1) is 12.1. The molecule has 7 heteroatoms. The monoisotopic (exact) mass is 344 g/mol. The topological polar surface area (TPSA) is 96.2 Å². The number of aliphatic carboxylic acids is 1. The molecule has 0 aliphatic carbocycles. The van der Waals surface area contributed by atoms with Crippen LogP contribution in [0.25, 0.3) is 0 Å². The third-order valence-corrected chi connectivity index (χ3v) is 3.77. The molecule has 0 atom stereocenters. The van der Waals surface area contributed by atoms with Gasteiger partial charge in [0.2, 0.25) is 0 Å². The van der Waals surface area contributed by atoms with Crippen LogP contribution < -0.4 is 10.6 Å². The zero-order valence-electron chi connectivity index (χ0n) is 14.1. The number of benzene rings is 1. The SMILES string of the molecule is O=C(O)CCCNC(=O)NCc1nccn1CCCc1ccccc1. The molecule has 0 saturated carbocycles. The Balaban J connectivity index is 1.68. The molecule has 0 fully saturated rings. The third kappa shape index (κ3) is 7.07. The molecule has 7 nitrogen and oxygen atoms in total. The Kier molecular flexibility index (Phi) is 7.49. The number of rotatable bonds is 10. The predicted molar refractivity (Wildman–Crippen MR) is 94.1 cm³/mol. The standard InChI is InChI=1S/C18H24N4O3/c23-17(24)9-4-10-20-18(25)21-14-16-19-11-13-22(16)12-5-8-15-6-2-1-3-7-15/h1-3,6-7,11,13H,4-5,8-10,12,14H2,(H,23,24)(H2,20,21,25). The highest BCUT2D eigenvalue weighted by atomic mass is 16.4. The molecule has 2 aromatic rings. The Labute approximate surface area is 147 Å². The molecule has 1 aromatic carbocycles. The fourth-order valence-electron chi connectivity index (χ4n) is 2.47. The Morgan fingerprint density at radius 1 is 1.12 bits per heavy atom. The maximum absolute atomic E-state index is 11.7. The summed E-state index contributed by atoms with van der Waals surface area (Å²) in [5.41, 5.74) is 1.31. The van der Waals surface area contributed by atoms with Crippen molar-refractivity contribution in [1.82, 2.24) is 20.2 Å². The number of hydrogen-bond donors (Lipinski definition) is 3. The van der Waals surface area contributed by atoms with E-state index in [0.29, 0.717) is 19.5 Å². The van der Waals surface area contributed by atoms with Crippen molar-refractivity contribution in [2.45, 2.75) is 38.8 Å². The molecule has 0 bridgehead atoms. The van der Waals surface area contributed by atoms with Crippen LogP contribution in [0, 0.1) is 0 Å². The summed E-state index contributed by atoms with van der Waals surface area (Å²) in [5, 5.41) is 13.9. The molecule has 0 radical (unpaired) electrons. The Bertz CT molecular complexity index is 670. The molecule has 0 spiro atoms. The molecule has 2 rings (SSSR count). The van der Waals surface area contributed by atoms with E-state index >= 15 is 0 Å². The summed E-state index contributed by atoms with van der Waals surface area (Å²) in [7, 11) is 0. The van der Waals surface area contributed by atoms with Crippen LogP contribution >= 0.6 is 0 Å². The van der Waals surface area contributed by atoms with E-state index in [2.05, 4.69) is 27.8 Å². The molecule has 3 N–H and O–H groups in total.